The first-order chi connectivity index (χ1) is 62.5. The van der Waals surface area contributed by atoms with Crippen LogP contribution in [0.5, 0.6) is 0 Å². The van der Waals surface area contributed by atoms with E-state index in [1.54, 1.807) is 0 Å². The van der Waals surface area contributed by atoms with Crippen LogP contribution in [0.3, 0.4) is 0 Å². The highest BCUT2D eigenvalue weighted by molar-refractivity contribution is 7.38. The van der Waals surface area contributed by atoms with Crippen LogP contribution in [0.1, 0.15) is 0 Å². The normalized spacial score (nSPS) is 12.0. The van der Waals surface area contributed by atoms with Crippen LogP contribution in [0, 0.1) is 0 Å². The third kappa shape index (κ3) is 11.7. The van der Waals surface area contributed by atoms with E-state index in [4.69, 9.17) is 24.9 Å². The lowest BCUT2D eigenvalue weighted by molar-refractivity contribution is 1.07. The molecule has 14 aromatic carbocycles. The van der Waals surface area contributed by atoms with E-state index in [0.717, 1.165) is 61.6 Å². The third-order valence-corrected chi connectivity index (χ3v) is 31.9. The van der Waals surface area contributed by atoms with E-state index < -0.39 is 0 Å². The summed E-state index contributed by atoms with van der Waals surface area (Å²) in [5.74, 6) is 2.00. The summed E-state index contributed by atoms with van der Waals surface area (Å²) in [5, 5.41) is 15.4. The average Bonchev–Trinajstić information content (AvgIpc) is 1.55. The zero-order valence-electron chi connectivity index (χ0n) is 66.9. The van der Waals surface area contributed by atoms with Gasteiger partial charge in [-0.2, -0.15) is 0 Å². The molecule has 28 rings (SSSR count). The Kier molecular flexibility index (Phi) is 16.9. The molecule has 0 unspecified atom stereocenters. The fourth-order valence-electron chi connectivity index (χ4n) is 18.6. The zero-order chi connectivity index (χ0) is 82.6. The second-order valence-corrected chi connectivity index (χ2v) is 37.7. The number of fused-ring (bicyclic) bond motifs is 29. The van der Waals surface area contributed by atoms with E-state index in [9.17, 15) is 0 Å². The van der Waals surface area contributed by atoms with Crippen molar-refractivity contribution < 1.29 is 0 Å². The number of hydrogen-bond acceptors (Lipinski definition) is 12. The molecule has 126 heavy (non-hydrogen) atoms. The SMILES string of the molecule is c1ccc(-c2nc(-c3ccccc3)nc(-c3ccc4c(c3)c3c5sc6ccccc6c5sc3n4-c3ccccc3)n2)cc1.c1ccc(-n2c3ccc(-c4ccc5c(c4)nc4c6ccccc6c6ccccc6n54)cc3c3c4sc5ccccc5c4sc32)cc1.c1ccc(-n2c3ccc(-c4cccc(-c5ccncc5)n4)cc3c3c4sc5ccccc5c4sc32)cc1. The Labute approximate surface area is 743 Å². The fourth-order valence-corrected chi connectivity index (χ4v) is 27.1. The van der Waals surface area contributed by atoms with Crippen LogP contribution >= 0.6 is 68.0 Å². The van der Waals surface area contributed by atoms with Crippen LogP contribution in [0.25, 0.3) is 245 Å². The lowest BCUT2D eigenvalue weighted by Crippen LogP contribution is -2.00. The molecule has 14 aromatic heterocycles. The maximum atomic E-state index is 5.25. The van der Waals surface area contributed by atoms with Gasteiger partial charge in [0.05, 0.1) is 72.7 Å². The van der Waals surface area contributed by atoms with Crippen molar-refractivity contribution in [1.82, 2.24) is 48.0 Å². The smallest absolute Gasteiger partial charge is 0.164 e. The van der Waals surface area contributed by atoms with Gasteiger partial charge in [0.1, 0.15) is 20.1 Å². The van der Waals surface area contributed by atoms with Gasteiger partial charge in [0.25, 0.3) is 0 Å². The molecular formula is C110H64N10S6. The van der Waals surface area contributed by atoms with Gasteiger partial charge >= 0.3 is 0 Å². The zero-order valence-corrected chi connectivity index (χ0v) is 71.8. The van der Waals surface area contributed by atoms with Gasteiger partial charge in [-0.25, -0.2) is 24.9 Å². The highest BCUT2D eigenvalue weighted by atomic mass is 32.1. The molecule has 0 N–H and O–H groups in total. The van der Waals surface area contributed by atoms with Gasteiger partial charge in [-0.1, -0.05) is 237 Å². The number of aromatic nitrogens is 10. The molecule has 28 aromatic rings. The molecule has 0 spiro atoms. The summed E-state index contributed by atoms with van der Waals surface area (Å²) in [6.45, 7) is 0. The van der Waals surface area contributed by atoms with Crippen molar-refractivity contribution in [3.63, 3.8) is 0 Å². The summed E-state index contributed by atoms with van der Waals surface area (Å²) in [5.41, 5.74) is 20.9. The molecule has 0 aliphatic rings. The van der Waals surface area contributed by atoms with E-state index in [-0.39, 0.29) is 0 Å². The van der Waals surface area contributed by atoms with Gasteiger partial charge in [0.15, 0.2) is 17.5 Å². The van der Waals surface area contributed by atoms with Crippen LogP contribution in [0.4, 0.5) is 0 Å². The van der Waals surface area contributed by atoms with E-state index >= 15 is 0 Å². The molecule has 0 aliphatic carbocycles. The lowest BCUT2D eigenvalue weighted by Gasteiger charge is -2.09. The number of imidazole rings is 1. The Balaban J connectivity index is 0.000000101. The summed E-state index contributed by atoms with van der Waals surface area (Å²) in [6.07, 6.45) is 3.62. The molecule has 0 aliphatic heterocycles. The minimum absolute atomic E-state index is 0.665. The van der Waals surface area contributed by atoms with Crippen molar-refractivity contribution in [3.05, 3.63) is 389 Å². The fraction of sp³-hybridized carbons (Fsp3) is 0. The van der Waals surface area contributed by atoms with Crippen molar-refractivity contribution >= 4 is 228 Å². The molecule has 10 nitrogen and oxygen atoms in total. The van der Waals surface area contributed by atoms with E-state index in [1.807, 2.05) is 153 Å². The number of hydrogen-bond donors (Lipinski definition) is 0. The quantitative estimate of drug-likeness (QED) is 0.134. The predicted molar refractivity (Wildman–Crippen MR) is 538 cm³/mol. The lowest BCUT2D eigenvalue weighted by atomic mass is 10.0. The van der Waals surface area contributed by atoms with E-state index in [1.165, 1.54) is 166 Å². The van der Waals surface area contributed by atoms with Crippen molar-refractivity contribution in [2.45, 2.75) is 0 Å². The Morgan fingerprint density at radius 1 is 0.206 bits per heavy atom. The van der Waals surface area contributed by atoms with Crippen LogP contribution < -0.4 is 0 Å². The maximum absolute atomic E-state index is 5.25. The molecule has 0 saturated heterocycles. The van der Waals surface area contributed by atoms with Gasteiger partial charge < -0.3 is 13.7 Å². The molecule has 0 saturated carbocycles. The summed E-state index contributed by atoms with van der Waals surface area (Å²) < 4.78 is 21.8. The number of rotatable bonds is 9. The standard InChI is InChI=1S/C41H23N3S2.C37H22N4S2.C32H19N3S2/c1-2-10-26(11-3-1)43-34-20-18-24(22-31(34)37-39-38(46-41(37)43)30-15-7-9-17-36(30)45-39)25-19-21-35-32(23-25)42-40-29-14-5-4-12-27(29)28-13-6-8-16-33(28)44(35)40;1-4-12-23(13-5-1)34-38-35(24-14-6-2-7-15-24)40-36(39-34)25-20-21-29-28(22-25)31-33-32(27-18-10-11-19-30(27)42-33)43-37(31)41(29)26-16-8-3-9-17-26;1-2-7-22(8-3-1)35-27-14-13-21(26-11-6-10-25(34-26)20-15-17-33-18-16-20)19-24(27)29-31-30(37-32(29)35)23-9-4-5-12-28(23)36-31/h1-23H;1-22H;1-19H. The molecular weight excluding hydrogens is 1650 g/mol. The highest BCUT2D eigenvalue weighted by Gasteiger charge is 2.27. The molecule has 16 heteroatoms. The molecule has 0 fully saturated rings. The number of para-hydroxylation sites is 4. The number of pyridine rings is 3. The van der Waals surface area contributed by atoms with E-state index in [0.29, 0.717) is 17.5 Å². The largest absolute Gasteiger partial charge is 0.301 e. The Morgan fingerprint density at radius 3 is 1.06 bits per heavy atom. The molecule has 0 amide bonds. The first kappa shape index (κ1) is 72.6. The van der Waals surface area contributed by atoms with Gasteiger partial charge in [-0.05, 0) is 156 Å². The maximum Gasteiger partial charge on any atom is 0.164 e. The summed E-state index contributed by atoms with van der Waals surface area (Å²) in [7, 11) is 0. The van der Waals surface area contributed by atoms with Crippen LogP contribution in [-0.2, 0) is 0 Å². The number of nitrogens with zero attached hydrogens (tertiary/aromatic N) is 10. The highest BCUT2D eigenvalue weighted by Crippen LogP contribution is 2.54. The monoisotopic (exact) mass is 1720 g/mol. The topological polar surface area (TPSA) is 96.5 Å². The third-order valence-electron chi connectivity index (χ3n) is 24.3. The van der Waals surface area contributed by atoms with Crippen molar-refractivity contribution in [3.8, 4) is 84.9 Å². The minimum atomic E-state index is 0.665. The molecule has 14 heterocycles. The predicted octanol–water partition coefficient (Wildman–Crippen LogP) is 31.7. The second-order valence-electron chi connectivity index (χ2n) is 31.5. The van der Waals surface area contributed by atoms with Gasteiger partial charge in [0.2, 0.25) is 0 Å². The van der Waals surface area contributed by atoms with Crippen LogP contribution in [-0.4, -0.2) is 48.0 Å². The average molecular weight is 1720 g/mol. The van der Waals surface area contributed by atoms with Crippen LogP contribution in [0.15, 0.2) is 389 Å². The number of thiophene rings is 6. The molecule has 0 atom stereocenters. The van der Waals surface area contributed by atoms with Gasteiger partial charge in [-0.3, -0.25) is 9.38 Å². The Bertz CT molecular complexity index is 9180. The summed E-state index contributed by atoms with van der Waals surface area (Å²) in [4.78, 5) is 33.2. The van der Waals surface area contributed by atoms with Crippen molar-refractivity contribution in [1.29, 1.82) is 0 Å². The second kappa shape index (κ2) is 29.4. The summed E-state index contributed by atoms with van der Waals surface area (Å²) >= 11 is 11.4. The molecule has 0 radical (unpaired) electrons. The van der Waals surface area contributed by atoms with Crippen molar-refractivity contribution in [2.24, 2.45) is 0 Å². The van der Waals surface area contributed by atoms with E-state index in [2.05, 4.69) is 326 Å². The van der Waals surface area contributed by atoms with Crippen molar-refractivity contribution in [2.75, 3.05) is 0 Å². The Morgan fingerprint density at radius 2 is 0.571 bits per heavy atom. The molecule has 590 valence electrons. The first-order valence-electron chi connectivity index (χ1n) is 41.8. The number of benzene rings is 14. The summed E-state index contributed by atoms with van der Waals surface area (Å²) in [6, 6.07) is 133. The Hall–Kier alpha value is -15.0. The van der Waals surface area contributed by atoms with Crippen LogP contribution in [0.2, 0.25) is 0 Å². The minimum Gasteiger partial charge on any atom is -0.301 e. The molecule has 0 bridgehead atoms. The van der Waals surface area contributed by atoms with Gasteiger partial charge in [0, 0.05) is 131 Å². The van der Waals surface area contributed by atoms with Gasteiger partial charge in [-0.15, -0.1) is 68.0 Å². The first-order valence-corrected chi connectivity index (χ1v) is 46.7.